The smallest absolute Gasteiger partial charge is 0.223 e. The third-order valence-electron chi connectivity index (χ3n) is 6.11. The number of aromatic nitrogens is 1. The summed E-state index contributed by atoms with van der Waals surface area (Å²) >= 11 is 0. The minimum Gasteiger partial charge on any atom is -0.453 e. The Kier molecular flexibility index (Phi) is 5.31. The fraction of sp³-hybridized carbons (Fsp3) is 0.0333. The summed E-state index contributed by atoms with van der Waals surface area (Å²) in [5, 5.41) is 0.0381. The number of hydrogen-bond acceptors (Lipinski definition) is 5. The van der Waals surface area contributed by atoms with Gasteiger partial charge >= 0.3 is 0 Å². The quantitative estimate of drug-likeness (QED) is 0.257. The largest absolute Gasteiger partial charge is 0.453 e. The maximum Gasteiger partial charge on any atom is 0.223 e. The molecule has 0 fully saturated rings. The minimum absolute atomic E-state index is 0.0381. The molecule has 0 amide bonds. The third-order valence-corrected chi connectivity index (χ3v) is 7.76. The van der Waals surface area contributed by atoms with Crippen molar-refractivity contribution in [3.8, 4) is 22.8 Å². The number of anilines is 3. The van der Waals surface area contributed by atoms with Crippen molar-refractivity contribution < 1.29 is 13.2 Å². The Hall–Kier alpha value is -4.42. The van der Waals surface area contributed by atoms with E-state index in [1.807, 2.05) is 85.8 Å². The fourth-order valence-corrected chi connectivity index (χ4v) is 5.74. The van der Waals surface area contributed by atoms with E-state index in [9.17, 15) is 8.42 Å². The van der Waals surface area contributed by atoms with Gasteiger partial charge in [0, 0.05) is 11.3 Å². The predicted octanol–water partition coefficient (Wildman–Crippen LogP) is 7.47. The van der Waals surface area contributed by atoms with Crippen LogP contribution in [-0.2, 0) is 9.84 Å². The average molecular weight is 491 g/mol. The first-order valence-corrected chi connectivity index (χ1v) is 13.0. The van der Waals surface area contributed by atoms with E-state index in [0.717, 1.165) is 39.7 Å². The van der Waals surface area contributed by atoms with Gasteiger partial charge in [0.25, 0.3) is 0 Å². The molecule has 0 radical (unpaired) electrons. The highest BCUT2D eigenvalue weighted by Gasteiger charge is 2.26. The van der Waals surface area contributed by atoms with Crippen molar-refractivity contribution in [3.63, 3.8) is 0 Å². The molecule has 5 aromatic rings. The van der Waals surface area contributed by atoms with Crippen LogP contribution in [0.15, 0.2) is 125 Å². The van der Waals surface area contributed by atoms with Gasteiger partial charge in [-0.1, -0.05) is 54.6 Å². The highest BCUT2D eigenvalue weighted by atomic mass is 32.2. The van der Waals surface area contributed by atoms with Gasteiger partial charge in [-0.15, -0.1) is 0 Å². The van der Waals surface area contributed by atoms with Crippen LogP contribution in [0.1, 0.15) is 5.56 Å². The molecule has 0 spiro atoms. The second-order valence-corrected chi connectivity index (χ2v) is 10.5. The van der Waals surface area contributed by atoms with Crippen molar-refractivity contribution >= 4 is 26.9 Å². The molecule has 1 aliphatic rings. The molecule has 1 aromatic heterocycles. The molecule has 1 aliphatic heterocycles. The molecule has 0 atom stereocenters. The molecule has 6 rings (SSSR count). The molecule has 176 valence electrons. The van der Waals surface area contributed by atoms with E-state index in [2.05, 4.69) is 9.88 Å². The zero-order chi connectivity index (χ0) is 24.7. The number of ether oxygens (including phenoxy) is 1. The van der Waals surface area contributed by atoms with Gasteiger partial charge in [-0.2, -0.15) is 0 Å². The number of sulfone groups is 1. The normalized spacial score (nSPS) is 12.4. The molecule has 0 aliphatic carbocycles. The highest BCUT2D eigenvalue weighted by molar-refractivity contribution is 7.91. The van der Waals surface area contributed by atoms with E-state index in [1.54, 1.807) is 36.4 Å². The van der Waals surface area contributed by atoms with Gasteiger partial charge in [-0.3, -0.25) is 0 Å². The number of benzene rings is 4. The number of fused-ring (bicyclic) bond motifs is 2. The van der Waals surface area contributed by atoms with E-state index in [0.29, 0.717) is 5.69 Å². The Balaban J connectivity index is 1.47. The molecule has 4 aromatic carbocycles. The van der Waals surface area contributed by atoms with E-state index in [4.69, 9.17) is 4.74 Å². The lowest BCUT2D eigenvalue weighted by molar-refractivity contribution is 0.477. The Bertz CT molecular complexity index is 1650. The first kappa shape index (κ1) is 22.1. The zero-order valence-corrected chi connectivity index (χ0v) is 20.3. The number of hydrogen-bond donors (Lipinski definition) is 0. The van der Waals surface area contributed by atoms with Crippen LogP contribution in [0.4, 0.5) is 17.1 Å². The van der Waals surface area contributed by atoms with Crippen LogP contribution in [0.25, 0.3) is 11.3 Å². The summed E-state index contributed by atoms with van der Waals surface area (Å²) < 4.78 is 32.7. The van der Waals surface area contributed by atoms with Crippen LogP contribution in [0.2, 0.25) is 0 Å². The molecule has 0 bridgehead atoms. The lowest BCUT2D eigenvalue weighted by atomic mass is 10.1. The Labute approximate surface area is 210 Å². The lowest BCUT2D eigenvalue weighted by Crippen LogP contribution is -2.15. The number of pyridine rings is 1. The van der Waals surface area contributed by atoms with Crippen molar-refractivity contribution in [2.24, 2.45) is 0 Å². The minimum atomic E-state index is -3.74. The van der Waals surface area contributed by atoms with Crippen LogP contribution >= 0.6 is 0 Å². The molecule has 0 N–H and O–H groups in total. The van der Waals surface area contributed by atoms with Gasteiger partial charge in [0.1, 0.15) is 0 Å². The van der Waals surface area contributed by atoms with E-state index < -0.39 is 9.84 Å². The molecular weight excluding hydrogens is 468 g/mol. The van der Waals surface area contributed by atoms with Crippen LogP contribution in [0, 0.1) is 6.92 Å². The highest BCUT2D eigenvalue weighted by Crippen LogP contribution is 2.50. The van der Waals surface area contributed by atoms with Crippen molar-refractivity contribution in [3.05, 3.63) is 121 Å². The monoisotopic (exact) mass is 490 g/mol. The predicted molar refractivity (Wildman–Crippen MR) is 141 cm³/mol. The summed E-state index contributed by atoms with van der Waals surface area (Å²) in [7, 11) is -3.74. The van der Waals surface area contributed by atoms with Crippen molar-refractivity contribution in [1.82, 2.24) is 4.98 Å². The molecule has 2 heterocycles. The topological polar surface area (TPSA) is 59.5 Å². The van der Waals surface area contributed by atoms with Gasteiger partial charge in [-0.25, -0.2) is 13.4 Å². The van der Waals surface area contributed by atoms with Gasteiger partial charge in [-0.05, 0) is 73.2 Å². The van der Waals surface area contributed by atoms with Crippen LogP contribution in [0.5, 0.6) is 11.5 Å². The number of para-hydroxylation sites is 4. The molecule has 5 nitrogen and oxygen atoms in total. The SMILES string of the molecule is Cc1cc(-c2cccc(N3c4ccccc4Oc4ccccc43)c2)nc(S(=O)(=O)c2ccccc2)c1. The number of rotatable bonds is 4. The summed E-state index contributed by atoms with van der Waals surface area (Å²) in [5.74, 6) is 1.54. The van der Waals surface area contributed by atoms with Gasteiger partial charge in [0.2, 0.25) is 9.84 Å². The van der Waals surface area contributed by atoms with Gasteiger partial charge < -0.3 is 9.64 Å². The maximum absolute atomic E-state index is 13.3. The second-order valence-electron chi connectivity index (χ2n) is 8.61. The molecule has 0 saturated heterocycles. The molecule has 0 unspecified atom stereocenters. The van der Waals surface area contributed by atoms with Gasteiger partial charge in [0.05, 0.1) is 22.0 Å². The van der Waals surface area contributed by atoms with Crippen LogP contribution in [0.3, 0.4) is 0 Å². The molecule has 36 heavy (non-hydrogen) atoms. The zero-order valence-electron chi connectivity index (χ0n) is 19.5. The molecular formula is C30H22N2O3S. The third kappa shape index (κ3) is 3.82. The summed E-state index contributed by atoms with van der Waals surface area (Å²) in [5.41, 5.74) is 5.02. The molecule has 0 saturated carbocycles. The van der Waals surface area contributed by atoms with Crippen LogP contribution < -0.4 is 9.64 Å². The lowest BCUT2D eigenvalue weighted by Gasteiger charge is -2.33. The van der Waals surface area contributed by atoms with Crippen molar-refractivity contribution in [2.75, 3.05) is 4.90 Å². The Morgan fingerprint density at radius 3 is 2.03 bits per heavy atom. The van der Waals surface area contributed by atoms with E-state index in [1.165, 1.54) is 0 Å². The fourth-order valence-electron chi connectivity index (χ4n) is 4.43. The summed E-state index contributed by atoms with van der Waals surface area (Å²) in [6.45, 7) is 1.88. The van der Waals surface area contributed by atoms with E-state index >= 15 is 0 Å². The van der Waals surface area contributed by atoms with Gasteiger partial charge in [0.15, 0.2) is 16.5 Å². The first-order chi connectivity index (χ1) is 17.5. The van der Waals surface area contributed by atoms with Crippen molar-refractivity contribution in [2.45, 2.75) is 16.8 Å². The maximum atomic E-state index is 13.3. The van der Waals surface area contributed by atoms with Crippen LogP contribution in [-0.4, -0.2) is 13.4 Å². The Morgan fingerprint density at radius 1 is 0.694 bits per heavy atom. The second kappa shape index (κ2) is 8.66. The standard InChI is InChI=1S/C30H22N2O3S/c1-21-18-25(31-30(19-21)36(33,34)24-12-3-2-4-13-24)22-10-9-11-23(20-22)32-26-14-5-7-16-28(26)35-29-17-8-6-15-27(29)32/h2-20H,1H3. The van der Waals surface area contributed by atoms with E-state index in [-0.39, 0.29) is 9.92 Å². The first-order valence-electron chi connectivity index (χ1n) is 11.6. The average Bonchev–Trinajstić information content (AvgIpc) is 2.92. The summed E-state index contributed by atoms with van der Waals surface area (Å²) in [6, 6.07) is 35.7. The summed E-state index contributed by atoms with van der Waals surface area (Å²) in [4.78, 5) is 6.97. The summed E-state index contributed by atoms with van der Waals surface area (Å²) in [6.07, 6.45) is 0. The number of nitrogens with zero attached hydrogens (tertiary/aromatic N) is 2. The number of aryl methyl sites for hydroxylation is 1. The Morgan fingerprint density at radius 2 is 1.33 bits per heavy atom. The molecule has 6 heteroatoms. The van der Waals surface area contributed by atoms with Crippen molar-refractivity contribution in [1.29, 1.82) is 0 Å².